The Morgan fingerprint density at radius 1 is 1.22 bits per heavy atom. The molecule has 0 bridgehead atoms. The lowest BCUT2D eigenvalue weighted by Gasteiger charge is -2.14. The molecule has 3 nitrogen and oxygen atoms in total. The first-order valence-electron chi connectivity index (χ1n) is 7.92. The Labute approximate surface area is 162 Å². The van der Waals surface area contributed by atoms with Crippen LogP contribution in [-0.2, 0) is 11.9 Å². The van der Waals surface area contributed by atoms with Gasteiger partial charge in [-0.2, -0.15) is 13.2 Å². The van der Waals surface area contributed by atoms with Crippen LogP contribution in [0, 0.1) is 6.92 Å². The number of hydrogen-bond acceptors (Lipinski definition) is 4. The number of nitrogens with one attached hydrogen (secondary N) is 1. The average Bonchev–Trinajstić information content (AvgIpc) is 3.14. The zero-order valence-electron chi connectivity index (χ0n) is 14.2. The van der Waals surface area contributed by atoms with Crippen molar-refractivity contribution >= 4 is 34.7 Å². The van der Waals surface area contributed by atoms with Crippen molar-refractivity contribution < 1.29 is 18.0 Å². The van der Waals surface area contributed by atoms with Crippen LogP contribution in [0.5, 0.6) is 0 Å². The highest BCUT2D eigenvalue weighted by Gasteiger charge is 2.32. The normalized spacial score (nSPS) is 11.4. The smallest absolute Gasteiger partial charge is 0.322 e. The molecule has 0 aliphatic heterocycles. The third kappa shape index (κ3) is 4.90. The first-order valence-corrected chi connectivity index (χ1v) is 9.85. The second kappa shape index (κ2) is 8.14. The summed E-state index contributed by atoms with van der Waals surface area (Å²) in [6.45, 7) is 1.39. The second-order valence-electron chi connectivity index (χ2n) is 5.75. The standard InChI is InChI=1S/C19H15F3N2OS2/c1-12-6-7-13(8-16(12)19(20,21)22)24-18(25)15-4-2-3-5-17(15)27-10-14-9-26-11-23-14/h2-9,11H,10H2,1H3,(H,24,25). The monoisotopic (exact) mass is 408 g/mol. The molecule has 8 heteroatoms. The summed E-state index contributed by atoms with van der Waals surface area (Å²) in [6, 6.07) is 10.8. The van der Waals surface area contributed by atoms with Crippen LogP contribution < -0.4 is 5.32 Å². The number of amides is 1. The van der Waals surface area contributed by atoms with Crippen LogP contribution in [0.15, 0.2) is 58.3 Å². The minimum absolute atomic E-state index is 0.109. The quantitative estimate of drug-likeness (QED) is 0.525. The van der Waals surface area contributed by atoms with E-state index in [9.17, 15) is 18.0 Å². The Balaban J connectivity index is 1.79. The zero-order valence-corrected chi connectivity index (χ0v) is 15.8. The van der Waals surface area contributed by atoms with E-state index in [1.165, 1.54) is 42.2 Å². The maximum Gasteiger partial charge on any atom is 0.416 e. The number of aromatic nitrogens is 1. The zero-order chi connectivity index (χ0) is 19.4. The number of carbonyl (C=O) groups is 1. The summed E-state index contributed by atoms with van der Waals surface area (Å²) in [5.74, 6) is 0.157. The van der Waals surface area contributed by atoms with Gasteiger partial charge in [0.1, 0.15) is 0 Å². The summed E-state index contributed by atoms with van der Waals surface area (Å²) < 4.78 is 39.2. The third-order valence-corrected chi connectivity index (χ3v) is 5.53. The Morgan fingerprint density at radius 2 is 2.00 bits per heavy atom. The van der Waals surface area contributed by atoms with E-state index in [0.29, 0.717) is 11.3 Å². The van der Waals surface area contributed by atoms with E-state index in [1.807, 2.05) is 17.5 Å². The van der Waals surface area contributed by atoms with Crippen molar-refractivity contribution in [1.29, 1.82) is 0 Å². The molecule has 1 N–H and O–H groups in total. The first kappa shape index (κ1) is 19.4. The summed E-state index contributed by atoms with van der Waals surface area (Å²) >= 11 is 2.95. The van der Waals surface area contributed by atoms with Gasteiger partial charge in [0.05, 0.1) is 22.3 Å². The number of benzene rings is 2. The minimum Gasteiger partial charge on any atom is -0.322 e. The predicted octanol–water partition coefficient (Wildman–Crippen LogP) is 6.01. The topological polar surface area (TPSA) is 42.0 Å². The molecule has 0 fully saturated rings. The number of halogens is 3. The molecule has 1 amide bonds. The summed E-state index contributed by atoms with van der Waals surface area (Å²) in [6.07, 6.45) is -4.47. The van der Waals surface area contributed by atoms with Crippen molar-refractivity contribution in [3.63, 3.8) is 0 Å². The Bertz CT molecular complexity index is 940. The molecule has 0 saturated heterocycles. The SMILES string of the molecule is Cc1ccc(NC(=O)c2ccccc2SCc2cscn2)cc1C(F)(F)F. The van der Waals surface area contributed by atoms with Gasteiger partial charge in [-0.25, -0.2) is 4.98 Å². The van der Waals surface area contributed by atoms with Crippen LogP contribution >= 0.6 is 23.1 Å². The van der Waals surface area contributed by atoms with Gasteiger partial charge in [0.2, 0.25) is 0 Å². The number of nitrogens with zero attached hydrogens (tertiary/aromatic N) is 1. The fourth-order valence-electron chi connectivity index (χ4n) is 2.44. The molecule has 0 unspecified atom stereocenters. The van der Waals surface area contributed by atoms with E-state index in [1.54, 1.807) is 17.6 Å². The van der Waals surface area contributed by atoms with Crippen molar-refractivity contribution in [3.05, 3.63) is 75.7 Å². The van der Waals surface area contributed by atoms with E-state index in [4.69, 9.17) is 0 Å². The van der Waals surface area contributed by atoms with Crippen molar-refractivity contribution in [3.8, 4) is 0 Å². The number of thioether (sulfide) groups is 1. The van der Waals surface area contributed by atoms with Crippen LogP contribution in [0.1, 0.15) is 27.2 Å². The molecule has 0 aliphatic carbocycles. The highest BCUT2D eigenvalue weighted by Crippen LogP contribution is 2.34. The molecule has 3 rings (SSSR count). The van der Waals surface area contributed by atoms with Gasteiger partial charge in [0.25, 0.3) is 5.91 Å². The number of aryl methyl sites for hydroxylation is 1. The van der Waals surface area contributed by atoms with Gasteiger partial charge in [0.15, 0.2) is 0 Å². The summed E-state index contributed by atoms with van der Waals surface area (Å²) in [5, 5.41) is 4.50. The Morgan fingerprint density at radius 3 is 2.70 bits per heavy atom. The lowest BCUT2D eigenvalue weighted by molar-refractivity contribution is -0.138. The first-order chi connectivity index (χ1) is 12.8. The molecule has 0 radical (unpaired) electrons. The van der Waals surface area contributed by atoms with E-state index in [0.717, 1.165) is 16.7 Å². The van der Waals surface area contributed by atoms with Gasteiger partial charge >= 0.3 is 6.18 Å². The molecule has 1 heterocycles. The number of rotatable bonds is 5. The molecule has 27 heavy (non-hydrogen) atoms. The number of carbonyl (C=O) groups excluding carboxylic acids is 1. The number of anilines is 1. The van der Waals surface area contributed by atoms with Gasteiger partial charge in [-0.05, 0) is 36.8 Å². The van der Waals surface area contributed by atoms with E-state index >= 15 is 0 Å². The predicted molar refractivity (Wildman–Crippen MR) is 102 cm³/mol. The summed E-state index contributed by atoms with van der Waals surface area (Å²) in [7, 11) is 0. The second-order valence-corrected chi connectivity index (χ2v) is 7.48. The molecule has 0 atom stereocenters. The molecule has 0 saturated carbocycles. The average molecular weight is 408 g/mol. The largest absolute Gasteiger partial charge is 0.416 e. The number of hydrogen-bond donors (Lipinski definition) is 1. The van der Waals surface area contributed by atoms with Crippen molar-refractivity contribution in [2.75, 3.05) is 5.32 Å². The summed E-state index contributed by atoms with van der Waals surface area (Å²) in [4.78, 5) is 17.6. The fourth-order valence-corrected chi connectivity index (χ4v) is 4.06. The van der Waals surface area contributed by atoms with Crippen molar-refractivity contribution in [2.24, 2.45) is 0 Å². The van der Waals surface area contributed by atoms with Crippen LogP contribution in [0.4, 0.5) is 18.9 Å². The Kier molecular flexibility index (Phi) is 5.86. The van der Waals surface area contributed by atoms with Gasteiger partial charge in [-0.3, -0.25) is 4.79 Å². The molecule has 0 aliphatic rings. The highest BCUT2D eigenvalue weighted by molar-refractivity contribution is 7.98. The Hall–Kier alpha value is -2.32. The van der Waals surface area contributed by atoms with Gasteiger partial charge in [-0.1, -0.05) is 18.2 Å². The molecule has 3 aromatic rings. The minimum atomic E-state index is -4.47. The van der Waals surface area contributed by atoms with Crippen LogP contribution in [0.2, 0.25) is 0 Å². The molecular formula is C19H15F3N2OS2. The number of alkyl halides is 3. The molecule has 0 spiro atoms. The van der Waals surface area contributed by atoms with E-state index in [-0.39, 0.29) is 11.3 Å². The van der Waals surface area contributed by atoms with Crippen LogP contribution in [0.3, 0.4) is 0 Å². The van der Waals surface area contributed by atoms with Gasteiger partial charge < -0.3 is 5.32 Å². The highest BCUT2D eigenvalue weighted by atomic mass is 32.2. The lowest BCUT2D eigenvalue weighted by atomic mass is 10.1. The van der Waals surface area contributed by atoms with Crippen LogP contribution in [0.25, 0.3) is 0 Å². The maximum atomic E-state index is 13.1. The summed E-state index contributed by atoms with van der Waals surface area (Å²) in [5.41, 5.74) is 2.52. The van der Waals surface area contributed by atoms with Crippen LogP contribution in [-0.4, -0.2) is 10.9 Å². The fraction of sp³-hybridized carbons (Fsp3) is 0.158. The van der Waals surface area contributed by atoms with E-state index < -0.39 is 17.6 Å². The van der Waals surface area contributed by atoms with Gasteiger partial charge in [-0.15, -0.1) is 23.1 Å². The van der Waals surface area contributed by atoms with Crippen molar-refractivity contribution in [1.82, 2.24) is 4.98 Å². The third-order valence-electron chi connectivity index (χ3n) is 3.79. The lowest BCUT2D eigenvalue weighted by Crippen LogP contribution is -2.14. The molecule has 140 valence electrons. The van der Waals surface area contributed by atoms with E-state index in [2.05, 4.69) is 10.3 Å². The number of thiazole rings is 1. The van der Waals surface area contributed by atoms with Gasteiger partial charge in [0, 0.05) is 21.7 Å². The molecular weight excluding hydrogens is 393 g/mol. The van der Waals surface area contributed by atoms with Crippen molar-refractivity contribution in [2.45, 2.75) is 23.7 Å². The maximum absolute atomic E-state index is 13.1. The molecule has 1 aromatic heterocycles. The molecule has 2 aromatic carbocycles.